The second-order valence-corrected chi connectivity index (χ2v) is 6.45. The van der Waals surface area contributed by atoms with Crippen molar-refractivity contribution in [2.24, 2.45) is 11.8 Å². The number of carbonyl (C=O) groups is 1. The highest BCUT2D eigenvalue weighted by atomic mass is 35.5. The monoisotopic (exact) mass is 315 g/mol. The van der Waals surface area contributed by atoms with Gasteiger partial charge in [-0.1, -0.05) is 37.0 Å². The largest absolute Gasteiger partial charge is 0.482 e. The van der Waals surface area contributed by atoms with Crippen molar-refractivity contribution in [1.29, 1.82) is 0 Å². The van der Waals surface area contributed by atoms with E-state index in [2.05, 4.69) is 13.8 Å². The van der Waals surface area contributed by atoms with Crippen molar-refractivity contribution < 1.29 is 9.53 Å². The maximum absolute atomic E-state index is 12.2. The molecule has 2 atom stereocenters. The second kappa shape index (κ2) is 6.68. The lowest BCUT2D eigenvalue weighted by atomic mass is 9.92. The molecule has 1 aliphatic heterocycles. The van der Waals surface area contributed by atoms with Crippen molar-refractivity contribution in [3.63, 3.8) is 0 Å². The minimum atomic E-state index is 0.00872. The Labute approximate surface area is 129 Å². The maximum Gasteiger partial charge on any atom is 0.260 e. The van der Waals surface area contributed by atoms with E-state index in [0.29, 0.717) is 27.6 Å². The Balaban J connectivity index is 1.91. The summed E-state index contributed by atoms with van der Waals surface area (Å²) in [7, 11) is 0. The molecule has 1 saturated heterocycles. The van der Waals surface area contributed by atoms with Gasteiger partial charge in [0, 0.05) is 18.1 Å². The Morgan fingerprint density at radius 1 is 1.30 bits per heavy atom. The Bertz CT molecular complexity index is 483. The molecule has 20 heavy (non-hydrogen) atoms. The molecule has 0 radical (unpaired) electrons. The molecular formula is C15H19Cl2NO2. The van der Waals surface area contributed by atoms with Crippen molar-refractivity contribution in [2.45, 2.75) is 20.3 Å². The average molecular weight is 316 g/mol. The second-order valence-electron chi connectivity index (χ2n) is 5.61. The zero-order valence-corrected chi connectivity index (χ0v) is 13.2. The van der Waals surface area contributed by atoms with Gasteiger partial charge >= 0.3 is 0 Å². The van der Waals surface area contributed by atoms with Crippen molar-refractivity contribution >= 4 is 29.1 Å². The Kier molecular flexibility index (Phi) is 5.17. The van der Waals surface area contributed by atoms with Gasteiger partial charge in [0.05, 0.1) is 5.02 Å². The Morgan fingerprint density at radius 2 is 1.95 bits per heavy atom. The van der Waals surface area contributed by atoms with Crippen LogP contribution in [0.2, 0.25) is 10.0 Å². The summed E-state index contributed by atoms with van der Waals surface area (Å²) in [5.74, 6) is 1.58. The standard InChI is InChI=1S/C15H19Cl2NO2/c1-10-5-11(2)8-18(7-10)15(19)9-20-14-4-3-12(16)6-13(14)17/h3-4,6,10-11H,5,7-9H2,1-2H3/t10-,11-/m1/s1. The number of benzene rings is 1. The molecule has 0 aliphatic carbocycles. The molecule has 1 heterocycles. The highest BCUT2D eigenvalue weighted by Gasteiger charge is 2.25. The molecule has 0 unspecified atom stereocenters. The van der Waals surface area contributed by atoms with Crippen LogP contribution >= 0.6 is 23.2 Å². The van der Waals surface area contributed by atoms with E-state index < -0.39 is 0 Å². The fourth-order valence-electron chi connectivity index (χ4n) is 2.69. The van der Waals surface area contributed by atoms with Gasteiger partial charge in [-0.15, -0.1) is 0 Å². The van der Waals surface area contributed by atoms with Crippen LogP contribution in [-0.4, -0.2) is 30.5 Å². The van der Waals surface area contributed by atoms with Gasteiger partial charge in [-0.3, -0.25) is 4.79 Å². The first kappa shape index (κ1) is 15.5. The van der Waals surface area contributed by atoms with Gasteiger partial charge in [-0.2, -0.15) is 0 Å². The van der Waals surface area contributed by atoms with Gasteiger partial charge < -0.3 is 9.64 Å². The first-order valence-electron chi connectivity index (χ1n) is 6.81. The SMILES string of the molecule is C[C@@H]1C[C@@H](C)CN(C(=O)COc2ccc(Cl)cc2Cl)C1. The molecule has 0 aromatic heterocycles. The van der Waals surface area contributed by atoms with E-state index in [1.807, 2.05) is 4.90 Å². The molecule has 0 bridgehead atoms. The number of hydrogen-bond donors (Lipinski definition) is 0. The van der Waals surface area contributed by atoms with E-state index in [1.54, 1.807) is 18.2 Å². The first-order valence-corrected chi connectivity index (χ1v) is 7.57. The number of halogens is 2. The van der Waals surface area contributed by atoms with Crippen LogP contribution in [0.15, 0.2) is 18.2 Å². The van der Waals surface area contributed by atoms with Crippen molar-refractivity contribution in [2.75, 3.05) is 19.7 Å². The fraction of sp³-hybridized carbons (Fsp3) is 0.533. The topological polar surface area (TPSA) is 29.5 Å². The maximum atomic E-state index is 12.2. The highest BCUT2D eigenvalue weighted by molar-refractivity contribution is 6.35. The predicted molar refractivity (Wildman–Crippen MR) is 81.5 cm³/mol. The normalized spacial score (nSPS) is 22.7. The third-order valence-corrected chi connectivity index (χ3v) is 4.00. The smallest absolute Gasteiger partial charge is 0.260 e. The number of hydrogen-bond acceptors (Lipinski definition) is 2. The molecule has 110 valence electrons. The van der Waals surface area contributed by atoms with E-state index >= 15 is 0 Å². The van der Waals surface area contributed by atoms with E-state index in [9.17, 15) is 4.79 Å². The summed E-state index contributed by atoms with van der Waals surface area (Å²) in [6.07, 6.45) is 1.17. The molecule has 2 rings (SSSR count). The van der Waals surface area contributed by atoms with Crippen LogP contribution in [0.25, 0.3) is 0 Å². The van der Waals surface area contributed by atoms with E-state index in [4.69, 9.17) is 27.9 Å². The van der Waals surface area contributed by atoms with Crippen LogP contribution in [0.3, 0.4) is 0 Å². The lowest BCUT2D eigenvalue weighted by molar-refractivity contribution is -0.136. The number of nitrogens with zero attached hydrogens (tertiary/aromatic N) is 1. The van der Waals surface area contributed by atoms with Crippen LogP contribution in [0.5, 0.6) is 5.75 Å². The predicted octanol–water partition coefficient (Wildman–Crippen LogP) is 3.88. The molecule has 1 fully saturated rings. The summed E-state index contributed by atoms with van der Waals surface area (Å²) < 4.78 is 5.50. The molecule has 5 heteroatoms. The van der Waals surface area contributed by atoms with Crippen LogP contribution in [0.4, 0.5) is 0 Å². The average Bonchev–Trinajstić information content (AvgIpc) is 2.36. The molecule has 0 N–H and O–H groups in total. The number of likely N-dealkylation sites (tertiary alicyclic amines) is 1. The molecule has 0 saturated carbocycles. The zero-order valence-electron chi connectivity index (χ0n) is 11.7. The van der Waals surface area contributed by atoms with Gasteiger partial charge in [0.25, 0.3) is 5.91 Å². The van der Waals surface area contributed by atoms with Crippen LogP contribution in [0.1, 0.15) is 20.3 Å². The minimum absolute atomic E-state index is 0.00872. The minimum Gasteiger partial charge on any atom is -0.482 e. The lowest BCUT2D eigenvalue weighted by Gasteiger charge is -2.34. The molecule has 1 aliphatic rings. The molecule has 1 aromatic rings. The zero-order chi connectivity index (χ0) is 14.7. The fourth-order valence-corrected chi connectivity index (χ4v) is 3.15. The number of amides is 1. The van der Waals surface area contributed by atoms with Crippen molar-refractivity contribution in [1.82, 2.24) is 4.90 Å². The van der Waals surface area contributed by atoms with Crippen LogP contribution < -0.4 is 4.74 Å². The summed E-state index contributed by atoms with van der Waals surface area (Å²) in [5.41, 5.74) is 0. The van der Waals surface area contributed by atoms with Crippen LogP contribution in [0, 0.1) is 11.8 Å². The van der Waals surface area contributed by atoms with E-state index in [1.165, 1.54) is 6.42 Å². The summed E-state index contributed by atoms with van der Waals surface area (Å²) in [4.78, 5) is 14.1. The third kappa shape index (κ3) is 4.03. The molecule has 1 aromatic carbocycles. The summed E-state index contributed by atoms with van der Waals surface area (Å²) in [5, 5.41) is 0.970. The van der Waals surface area contributed by atoms with Gasteiger partial charge in [-0.25, -0.2) is 0 Å². The van der Waals surface area contributed by atoms with Crippen molar-refractivity contribution in [3.05, 3.63) is 28.2 Å². The van der Waals surface area contributed by atoms with E-state index in [0.717, 1.165) is 13.1 Å². The number of carbonyl (C=O) groups excluding carboxylic acids is 1. The van der Waals surface area contributed by atoms with Crippen LogP contribution in [-0.2, 0) is 4.79 Å². The Morgan fingerprint density at radius 3 is 2.55 bits per heavy atom. The molecule has 0 spiro atoms. The quantitative estimate of drug-likeness (QED) is 0.847. The number of rotatable bonds is 3. The Hall–Kier alpha value is -0.930. The highest BCUT2D eigenvalue weighted by Crippen LogP contribution is 2.27. The van der Waals surface area contributed by atoms with Crippen molar-refractivity contribution in [3.8, 4) is 5.75 Å². The summed E-state index contributed by atoms with van der Waals surface area (Å²) in [6, 6.07) is 4.98. The third-order valence-electron chi connectivity index (χ3n) is 3.47. The van der Waals surface area contributed by atoms with Gasteiger partial charge in [0.15, 0.2) is 6.61 Å². The molecule has 3 nitrogen and oxygen atoms in total. The molecular weight excluding hydrogens is 297 g/mol. The summed E-state index contributed by atoms with van der Waals surface area (Å²) in [6.45, 7) is 5.97. The number of piperidine rings is 1. The van der Waals surface area contributed by atoms with E-state index in [-0.39, 0.29) is 12.5 Å². The van der Waals surface area contributed by atoms with Gasteiger partial charge in [0.2, 0.25) is 0 Å². The van der Waals surface area contributed by atoms with Gasteiger partial charge in [0.1, 0.15) is 5.75 Å². The lowest BCUT2D eigenvalue weighted by Crippen LogP contribution is -2.44. The number of ether oxygens (including phenoxy) is 1. The first-order chi connectivity index (χ1) is 9.45. The van der Waals surface area contributed by atoms with Gasteiger partial charge in [-0.05, 0) is 36.5 Å². The molecule has 1 amide bonds. The summed E-state index contributed by atoms with van der Waals surface area (Å²) >= 11 is 11.8.